The van der Waals surface area contributed by atoms with Crippen LogP contribution in [-0.2, 0) is 9.59 Å². The van der Waals surface area contributed by atoms with Crippen molar-refractivity contribution in [1.82, 2.24) is 20.2 Å². The first-order valence-electron chi connectivity index (χ1n) is 10.2. The number of anilines is 2. The topological polar surface area (TPSA) is 125 Å². The molecule has 2 heterocycles. The lowest BCUT2D eigenvalue weighted by Gasteiger charge is -2.32. The average Bonchev–Trinajstić information content (AvgIpc) is 3.25. The molecule has 11 heteroatoms. The summed E-state index contributed by atoms with van der Waals surface area (Å²) in [6.07, 6.45) is 2.43. The van der Waals surface area contributed by atoms with Gasteiger partial charge >= 0.3 is 5.97 Å². The van der Waals surface area contributed by atoms with Crippen LogP contribution in [0.4, 0.5) is 11.4 Å². The standard InChI is InChI=1S/C22H22N6O4S/c1-14(29)15-8-9-20(21(30)31)27(12-15)17-5-3-7-19(11-17)32-13-23-16-4-2-6-18(10-16)28-22(33)24-25-26-28/h2-7,10-12,20,23H,8-9,13H2,1H3,(H,30,31)(H,24,26,33). The van der Waals surface area contributed by atoms with Gasteiger partial charge in [0.25, 0.3) is 0 Å². The van der Waals surface area contributed by atoms with Crippen LogP contribution in [0.5, 0.6) is 5.75 Å². The van der Waals surface area contributed by atoms with E-state index < -0.39 is 12.0 Å². The minimum atomic E-state index is -0.936. The highest BCUT2D eigenvalue weighted by molar-refractivity contribution is 7.71. The number of benzene rings is 2. The van der Waals surface area contributed by atoms with Crippen LogP contribution in [0, 0.1) is 4.77 Å². The molecular weight excluding hydrogens is 444 g/mol. The molecule has 3 N–H and O–H groups in total. The summed E-state index contributed by atoms with van der Waals surface area (Å²) in [6.45, 7) is 1.67. The molecule has 0 fully saturated rings. The summed E-state index contributed by atoms with van der Waals surface area (Å²) in [7, 11) is 0. The Morgan fingerprint density at radius 1 is 1.24 bits per heavy atom. The van der Waals surface area contributed by atoms with Crippen molar-refractivity contribution in [2.45, 2.75) is 25.8 Å². The average molecular weight is 467 g/mol. The van der Waals surface area contributed by atoms with Crippen LogP contribution in [0.15, 0.2) is 60.3 Å². The summed E-state index contributed by atoms with van der Waals surface area (Å²) >= 11 is 5.12. The number of aromatic nitrogens is 4. The fourth-order valence-electron chi connectivity index (χ4n) is 3.57. The van der Waals surface area contributed by atoms with Gasteiger partial charge in [-0.15, -0.1) is 0 Å². The molecule has 0 saturated heterocycles. The number of allylic oxidation sites excluding steroid dienone is 1. The lowest BCUT2D eigenvalue weighted by atomic mass is 9.97. The number of carbonyl (C=O) groups is 2. The van der Waals surface area contributed by atoms with Crippen molar-refractivity contribution in [1.29, 1.82) is 0 Å². The Hall–Kier alpha value is -3.99. The number of ketones is 1. The summed E-state index contributed by atoms with van der Waals surface area (Å²) < 4.78 is 7.73. The summed E-state index contributed by atoms with van der Waals surface area (Å²) in [4.78, 5) is 25.2. The van der Waals surface area contributed by atoms with Crippen LogP contribution in [0.3, 0.4) is 0 Å². The highest BCUT2D eigenvalue weighted by atomic mass is 32.1. The van der Waals surface area contributed by atoms with Crippen molar-refractivity contribution in [3.05, 3.63) is 65.1 Å². The molecule has 0 amide bonds. The third-order valence-electron chi connectivity index (χ3n) is 5.26. The maximum atomic E-state index is 11.8. The zero-order chi connectivity index (χ0) is 23.4. The molecule has 1 aromatic heterocycles. The Morgan fingerprint density at radius 2 is 2.03 bits per heavy atom. The molecule has 1 aliphatic rings. The molecule has 33 heavy (non-hydrogen) atoms. The third kappa shape index (κ3) is 5.09. The van der Waals surface area contributed by atoms with E-state index in [0.29, 0.717) is 34.6 Å². The van der Waals surface area contributed by atoms with E-state index in [2.05, 4.69) is 20.8 Å². The molecule has 2 aromatic carbocycles. The van der Waals surface area contributed by atoms with Crippen LogP contribution in [-0.4, -0.2) is 49.8 Å². The number of tetrazole rings is 1. The lowest BCUT2D eigenvalue weighted by molar-refractivity contribution is -0.138. The molecular formula is C22H22N6O4S. The van der Waals surface area contributed by atoms with Gasteiger partial charge in [0.15, 0.2) is 12.5 Å². The van der Waals surface area contributed by atoms with Crippen molar-refractivity contribution in [3.8, 4) is 11.4 Å². The van der Waals surface area contributed by atoms with E-state index in [1.165, 1.54) is 6.92 Å². The minimum absolute atomic E-state index is 0.0603. The summed E-state index contributed by atoms with van der Waals surface area (Å²) in [5, 5.41) is 23.0. The second-order valence-corrected chi connectivity index (χ2v) is 7.81. The predicted octanol–water partition coefficient (Wildman–Crippen LogP) is 3.30. The van der Waals surface area contributed by atoms with Crippen molar-refractivity contribution < 1.29 is 19.4 Å². The van der Waals surface area contributed by atoms with Gasteiger partial charge in [-0.1, -0.05) is 22.4 Å². The van der Waals surface area contributed by atoms with Crippen LogP contribution >= 0.6 is 12.2 Å². The van der Waals surface area contributed by atoms with Crippen molar-refractivity contribution in [3.63, 3.8) is 0 Å². The van der Waals surface area contributed by atoms with Gasteiger partial charge in [0.05, 0.1) is 5.69 Å². The molecule has 10 nitrogen and oxygen atoms in total. The van der Waals surface area contributed by atoms with Crippen molar-refractivity contribution in [2.24, 2.45) is 0 Å². The van der Waals surface area contributed by atoms with Gasteiger partial charge in [0.2, 0.25) is 4.77 Å². The maximum absolute atomic E-state index is 11.8. The number of H-pyrrole nitrogens is 1. The van der Waals surface area contributed by atoms with E-state index in [1.807, 2.05) is 24.3 Å². The number of aromatic amines is 1. The van der Waals surface area contributed by atoms with E-state index in [4.69, 9.17) is 17.0 Å². The smallest absolute Gasteiger partial charge is 0.326 e. The van der Waals surface area contributed by atoms with Gasteiger partial charge in [-0.05, 0) is 62.3 Å². The Labute approximate surface area is 194 Å². The third-order valence-corrected chi connectivity index (χ3v) is 5.53. The number of ether oxygens (including phenoxy) is 1. The SMILES string of the molecule is CC(=O)C1=CN(c2cccc(OCNc3cccc(-n4[nH]nnc4=S)c3)c2)C(C(=O)O)CC1. The Bertz CT molecular complexity index is 1270. The monoisotopic (exact) mass is 466 g/mol. The number of carboxylic acid groups (broad SMARTS) is 1. The van der Waals surface area contributed by atoms with Gasteiger partial charge < -0.3 is 20.1 Å². The van der Waals surface area contributed by atoms with Crippen LogP contribution < -0.4 is 15.0 Å². The number of aliphatic carboxylic acids is 1. The second-order valence-electron chi connectivity index (χ2n) is 7.44. The summed E-state index contributed by atoms with van der Waals surface area (Å²) in [6, 6.07) is 13.9. The minimum Gasteiger partial charge on any atom is -0.480 e. The van der Waals surface area contributed by atoms with E-state index in [9.17, 15) is 14.7 Å². The molecule has 0 aliphatic carbocycles. The molecule has 0 spiro atoms. The number of carboxylic acids is 1. The molecule has 0 saturated carbocycles. The van der Waals surface area contributed by atoms with E-state index in [0.717, 1.165) is 11.4 Å². The Kier molecular flexibility index (Phi) is 6.50. The second kappa shape index (κ2) is 9.65. The van der Waals surface area contributed by atoms with E-state index in [1.54, 1.807) is 40.0 Å². The number of hydrogen-bond donors (Lipinski definition) is 3. The molecule has 170 valence electrons. The van der Waals surface area contributed by atoms with Crippen LogP contribution in [0.1, 0.15) is 19.8 Å². The fourth-order valence-corrected chi connectivity index (χ4v) is 3.76. The number of nitrogens with zero attached hydrogens (tertiary/aromatic N) is 4. The molecule has 4 rings (SSSR count). The molecule has 1 atom stereocenters. The molecule has 0 bridgehead atoms. The largest absolute Gasteiger partial charge is 0.480 e. The number of carbonyl (C=O) groups excluding carboxylic acids is 1. The van der Waals surface area contributed by atoms with Gasteiger partial charge in [-0.3, -0.25) is 4.79 Å². The number of hydrogen-bond acceptors (Lipinski definition) is 8. The number of nitrogens with one attached hydrogen (secondary N) is 2. The summed E-state index contributed by atoms with van der Waals surface area (Å²) in [5.74, 6) is -0.437. The Morgan fingerprint density at radius 3 is 2.76 bits per heavy atom. The zero-order valence-corrected chi connectivity index (χ0v) is 18.6. The molecule has 1 aliphatic heterocycles. The normalized spacial score (nSPS) is 15.6. The molecule has 1 unspecified atom stereocenters. The van der Waals surface area contributed by atoms with Gasteiger partial charge in [-0.2, -0.15) is 5.21 Å². The van der Waals surface area contributed by atoms with Gasteiger partial charge in [-0.25, -0.2) is 9.48 Å². The fraction of sp³-hybridized carbons (Fsp3) is 0.227. The molecule has 0 radical (unpaired) electrons. The Balaban J connectivity index is 1.46. The first-order chi connectivity index (χ1) is 15.9. The van der Waals surface area contributed by atoms with Crippen molar-refractivity contribution in [2.75, 3.05) is 16.9 Å². The van der Waals surface area contributed by atoms with Crippen LogP contribution in [0.25, 0.3) is 5.69 Å². The van der Waals surface area contributed by atoms with E-state index in [-0.39, 0.29) is 12.5 Å². The van der Waals surface area contributed by atoms with E-state index >= 15 is 0 Å². The highest BCUT2D eigenvalue weighted by Gasteiger charge is 2.30. The lowest BCUT2D eigenvalue weighted by Crippen LogP contribution is -2.41. The number of Topliss-reactive ketones (excluding diaryl/α,β-unsaturated/α-hetero) is 1. The zero-order valence-electron chi connectivity index (χ0n) is 17.8. The predicted molar refractivity (Wildman–Crippen MR) is 124 cm³/mol. The number of rotatable bonds is 8. The van der Waals surface area contributed by atoms with Crippen LogP contribution in [0.2, 0.25) is 0 Å². The first kappa shape index (κ1) is 22.2. The maximum Gasteiger partial charge on any atom is 0.326 e. The van der Waals surface area contributed by atoms with Gasteiger partial charge in [0, 0.05) is 29.2 Å². The quantitative estimate of drug-likeness (QED) is 0.339. The molecule has 3 aromatic rings. The summed E-state index contributed by atoms with van der Waals surface area (Å²) in [5.41, 5.74) is 2.82. The van der Waals surface area contributed by atoms with Crippen molar-refractivity contribution >= 4 is 35.3 Å². The highest BCUT2D eigenvalue weighted by Crippen LogP contribution is 2.30. The van der Waals surface area contributed by atoms with Gasteiger partial charge in [0.1, 0.15) is 11.8 Å². The first-order valence-corrected chi connectivity index (χ1v) is 10.6.